The number of nitrogens with one attached hydrogen (secondary N) is 2. The first-order valence-electron chi connectivity index (χ1n) is 11.0. The van der Waals surface area contributed by atoms with Crippen molar-refractivity contribution in [1.29, 1.82) is 0 Å². The summed E-state index contributed by atoms with van der Waals surface area (Å²) in [6.07, 6.45) is -5.65. The summed E-state index contributed by atoms with van der Waals surface area (Å²) in [7, 11) is 2.81. The highest BCUT2D eigenvalue weighted by Gasteiger charge is 2.33. The number of urea groups is 1. The second-order valence-corrected chi connectivity index (χ2v) is 8.19. The summed E-state index contributed by atoms with van der Waals surface area (Å²) in [5.41, 5.74) is -0.347. The molecule has 1 heterocycles. The van der Waals surface area contributed by atoms with E-state index in [1.54, 1.807) is 19.1 Å². The van der Waals surface area contributed by atoms with Gasteiger partial charge >= 0.3 is 18.4 Å². The summed E-state index contributed by atoms with van der Waals surface area (Å²) in [4.78, 5) is 36.7. The molecular weight excluding hydrogens is 511 g/mol. The number of benzene rings is 2. The van der Waals surface area contributed by atoms with Gasteiger partial charge < -0.3 is 34.9 Å². The molecular formula is C25H24F3N3O7. The van der Waals surface area contributed by atoms with Crippen LogP contribution in [-0.2, 0) is 11.8 Å². The Hall–Kier alpha value is -4.68. The smallest absolute Gasteiger partial charge is 0.505 e. The summed E-state index contributed by atoms with van der Waals surface area (Å²) in [5, 5.41) is 24.1. The number of aliphatic carboxylic acids is 1. The summed E-state index contributed by atoms with van der Waals surface area (Å²) in [6, 6.07) is 8.54. The zero-order valence-electron chi connectivity index (χ0n) is 20.4. The molecule has 0 aliphatic rings. The van der Waals surface area contributed by atoms with Crippen molar-refractivity contribution in [2.75, 3.05) is 12.4 Å². The first-order chi connectivity index (χ1) is 17.8. The van der Waals surface area contributed by atoms with Gasteiger partial charge in [-0.1, -0.05) is 18.2 Å². The molecule has 0 saturated heterocycles. The molecule has 1 aromatic heterocycles. The molecule has 0 fully saturated rings. The lowest BCUT2D eigenvalue weighted by Gasteiger charge is -2.21. The topological polar surface area (TPSA) is 139 Å². The normalized spacial score (nSPS) is 11.9. The fourth-order valence-corrected chi connectivity index (χ4v) is 3.65. The minimum absolute atomic E-state index is 0.0404. The average molecular weight is 535 g/mol. The standard InChI is InChI=1S/C25H24F3N3O7/c1-13-9-19(32)22(23(35)31(13)2)30-24(36)29-18(12-21(33)34)15-7-8-20(38-25(26,27)28)17(11-15)14-5-4-6-16(10-14)37-3/h4-11,18,32H,12H2,1-3H3,(H,33,34)(H2,29,30,36)/t18-/m0/s1. The number of carbonyl (C=O) groups is 2. The van der Waals surface area contributed by atoms with Crippen molar-refractivity contribution >= 4 is 17.7 Å². The summed E-state index contributed by atoms with van der Waals surface area (Å²) in [5.74, 6) is -2.02. The van der Waals surface area contributed by atoms with Gasteiger partial charge in [0, 0.05) is 24.4 Å². The van der Waals surface area contributed by atoms with Crippen molar-refractivity contribution in [2.24, 2.45) is 7.05 Å². The van der Waals surface area contributed by atoms with E-state index in [1.807, 2.05) is 0 Å². The Morgan fingerprint density at radius 2 is 1.84 bits per heavy atom. The van der Waals surface area contributed by atoms with Crippen LogP contribution in [0.4, 0.5) is 23.7 Å². The van der Waals surface area contributed by atoms with Crippen molar-refractivity contribution in [1.82, 2.24) is 9.88 Å². The van der Waals surface area contributed by atoms with Crippen LogP contribution in [0.15, 0.2) is 53.3 Å². The van der Waals surface area contributed by atoms with Gasteiger partial charge in [-0.05, 0) is 42.3 Å². The fraction of sp³-hybridized carbons (Fsp3) is 0.240. The molecule has 0 unspecified atom stereocenters. The molecule has 10 nitrogen and oxygen atoms in total. The second-order valence-electron chi connectivity index (χ2n) is 8.19. The summed E-state index contributed by atoms with van der Waals surface area (Å²) < 4.78 is 49.7. The maximum absolute atomic E-state index is 13.1. The first-order valence-corrected chi connectivity index (χ1v) is 11.0. The van der Waals surface area contributed by atoms with Gasteiger partial charge in [-0.15, -0.1) is 13.2 Å². The van der Waals surface area contributed by atoms with Gasteiger partial charge in [0.2, 0.25) is 0 Å². The number of hydrogen-bond acceptors (Lipinski definition) is 6. The third-order valence-corrected chi connectivity index (χ3v) is 5.58. The molecule has 0 spiro atoms. The highest BCUT2D eigenvalue weighted by atomic mass is 19.4. The molecule has 0 bridgehead atoms. The van der Waals surface area contributed by atoms with E-state index in [-0.39, 0.29) is 16.7 Å². The number of ether oxygens (including phenoxy) is 2. The lowest BCUT2D eigenvalue weighted by atomic mass is 9.96. The summed E-state index contributed by atoms with van der Waals surface area (Å²) >= 11 is 0. The first kappa shape index (κ1) is 27.9. The molecule has 38 heavy (non-hydrogen) atoms. The van der Waals surface area contributed by atoms with E-state index in [9.17, 15) is 37.8 Å². The Balaban J connectivity index is 2.01. The molecule has 0 saturated carbocycles. The van der Waals surface area contributed by atoms with Crippen LogP contribution in [0.3, 0.4) is 0 Å². The minimum Gasteiger partial charge on any atom is -0.505 e. The molecule has 1 atom stereocenters. The number of alkyl halides is 3. The van der Waals surface area contributed by atoms with Crippen LogP contribution in [-0.4, -0.2) is 40.3 Å². The molecule has 13 heteroatoms. The number of aromatic hydroxyl groups is 1. The van der Waals surface area contributed by atoms with E-state index in [1.165, 1.54) is 49.1 Å². The molecule has 2 amide bonds. The van der Waals surface area contributed by atoms with Crippen molar-refractivity contribution < 1.29 is 42.4 Å². The SMILES string of the molecule is COc1cccc(-c2cc([C@H](CC(=O)O)NC(=O)Nc3c(O)cc(C)n(C)c3=O)ccc2OC(F)(F)F)c1. The van der Waals surface area contributed by atoms with Gasteiger partial charge in [0.1, 0.15) is 17.2 Å². The number of rotatable bonds is 8. The highest BCUT2D eigenvalue weighted by Crippen LogP contribution is 2.37. The number of aryl methyl sites for hydroxylation is 1. The van der Waals surface area contributed by atoms with E-state index < -0.39 is 53.6 Å². The number of hydrogen-bond donors (Lipinski definition) is 4. The predicted molar refractivity (Wildman–Crippen MR) is 130 cm³/mol. The van der Waals surface area contributed by atoms with Gasteiger partial charge in [0.15, 0.2) is 5.69 Å². The number of carboxylic acid groups (broad SMARTS) is 1. The third kappa shape index (κ3) is 6.75. The number of pyridine rings is 1. The Bertz CT molecular complexity index is 1420. The zero-order chi connectivity index (χ0) is 28.2. The molecule has 0 radical (unpaired) electrons. The van der Waals surface area contributed by atoms with Gasteiger partial charge in [-0.3, -0.25) is 9.59 Å². The third-order valence-electron chi connectivity index (χ3n) is 5.58. The second kappa shape index (κ2) is 11.2. The number of halogens is 3. The molecule has 3 rings (SSSR count). The molecule has 0 aliphatic heterocycles. The fourth-order valence-electron chi connectivity index (χ4n) is 3.65. The largest absolute Gasteiger partial charge is 0.573 e. The van der Waals surface area contributed by atoms with Crippen LogP contribution in [0.1, 0.15) is 23.7 Å². The lowest BCUT2D eigenvalue weighted by molar-refractivity contribution is -0.274. The Labute approximate surface area is 214 Å². The molecule has 202 valence electrons. The molecule has 3 aromatic rings. The van der Waals surface area contributed by atoms with Gasteiger partial charge in [0.25, 0.3) is 5.56 Å². The number of aromatic nitrogens is 1. The van der Waals surface area contributed by atoms with Crippen molar-refractivity contribution in [3.63, 3.8) is 0 Å². The van der Waals surface area contributed by atoms with Crippen LogP contribution in [0.5, 0.6) is 17.2 Å². The van der Waals surface area contributed by atoms with Crippen LogP contribution in [0.25, 0.3) is 11.1 Å². The van der Waals surface area contributed by atoms with Crippen LogP contribution >= 0.6 is 0 Å². The number of carbonyl (C=O) groups excluding carboxylic acids is 1. The van der Waals surface area contributed by atoms with E-state index in [0.717, 1.165) is 6.07 Å². The quantitative estimate of drug-likeness (QED) is 0.337. The Morgan fingerprint density at radius 1 is 1.13 bits per heavy atom. The predicted octanol–water partition coefficient (Wildman–Crippen LogP) is 4.31. The average Bonchev–Trinajstić information content (AvgIpc) is 2.84. The number of amides is 2. The number of nitrogens with zero attached hydrogens (tertiary/aromatic N) is 1. The van der Waals surface area contributed by atoms with Crippen molar-refractivity contribution in [3.05, 3.63) is 70.1 Å². The monoisotopic (exact) mass is 535 g/mol. The molecule has 2 aromatic carbocycles. The maximum Gasteiger partial charge on any atom is 0.573 e. The van der Waals surface area contributed by atoms with Gasteiger partial charge in [0.05, 0.1) is 19.6 Å². The van der Waals surface area contributed by atoms with Gasteiger partial charge in [-0.25, -0.2) is 4.79 Å². The molecule has 4 N–H and O–H groups in total. The molecule has 0 aliphatic carbocycles. The zero-order valence-corrected chi connectivity index (χ0v) is 20.4. The minimum atomic E-state index is -5.00. The Kier molecular flexibility index (Phi) is 8.19. The van der Waals surface area contributed by atoms with E-state index in [2.05, 4.69) is 15.4 Å². The number of carboxylic acids is 1. The maximum atomic E-state index is 13.1. The number of anilines is 1. The van der Waals surface area contributed by atoms with Gasteiger partial charge in [-0.2, -0.15) is 0 Å². The Morgan fingerprint density at radius 3 is 2.47 bits per heavy atom. The number of methoxy groups -OCH3 is 1. The van der Waals surface area contributed by atoms with E-state index >= 15 is 0 Å². The highest BCUT2D eigenvalue weighted by molar-refractivity contribution is 5.91. The lowest BCUT2D eigenvalue weighted by Crippen LogP contribution is -2.36. The summed E-state index contributed by atoms with van der Waals surface area (Å²) in [6.45, 7) is 1.57. The van der Waals surface area contributed by atoms with E-state index in [4.69, 9.17) is 4.74 Å². The van der Waals surface area contributed by atoms with Crippen LogP contribution in [0.2, 0.25) is 0 Å². The van der Waals surface area contributed by atoms with Crippen LogP contribution in [0, 0.1) is 6.92 Å². The van der Waals surface area contributed by atoms with Crippen molar-refractivity contribution in [2.45, 2.75) is 25.7 Å². The van der Waals surface area contributed by atoms with E-state index in [0.29, 0.717) is 11.4 Å². The van der Waals surface area contributed by atoms with Crippen LogP contribution < -0.4 is 25.7 Å². The van der Waals surface area contributed by atoms with Crippen molar-refractivity contribution in [3.8, 4) is 28.4 Å².